The van der Waals surface area contributed by atoms with Crippen LogP contribution in [0.4, 0.5) is 0 Å². The Labute approximate surface area is 97.7 Å². The first-order chi connectivity index (χ1) is 7.93. The highest BCUT2D eigenvalue weighted by molar-refractivity contribution is 7.99. The molecule has 1 N–H and O–H groups in total. The summed E-state index contributed by atoms with van der Waals surface area (Å²) in [4.78, 5) is 1.21. The summed E-state index contributed by atoms with van der Waals surface area (Å²) in [7, 11) is 0. The van der Waals surface area contributed by atoms with E-state index >= 15 is 0 Å². The van der Waals surface area contributed by atoms with Gasteiger partial charge >= 0.3 is 0 Å². The van der Waals surface area contributed by atoms with Gasteiger partial charge in [0.1, 0.15) is 5.03 Å². The number of H-pyrrole nitrogens is 1. The van der Waals surface area contributed by atoms with E-state index in [1.165, 1.54) is 10.3 Å². The summed E-state index contributed by atoms with van der Waals surface area (Å²) < 4.78 is 0. The molecular formula is C13H10N2S. The van der Waals surface area contributed by atoms with Crippen LogP contribution in [0.5, 0.6) is 0 Å². The van der Waals surface area contributed by atoms with Gasteiger partial charge in [0.15, 0.2) is 0 Å². The maximum Gasteiger partial charge on any atom is 0.131 e. The molecule has 1 heterocycles. The van der Waals surface area contributed by atoms with Gasteiger partial charge in [0.25, 0.3) is 0 Å². The molecule has 0 aliphatic rings. The van der Waals surface area contributed by atoms with Gasteiger partial charge in [-0.05, 0) is 18.2 Å². The molecule has 1 aromatic heterocycles. The van der Waals surface area contributed by atoms with Crippen molar-refractivity contribution in [1.29, 1.82) is 0 Å². The summed E-state index contributed by atoms with van der Waals surface area (Å²) in [6, 6.07) is 18.5. The van der Waals surface area contributed by atoms with Crippen LogP contribution in [-0.2, 0) is 0 Å². The maximum absolute atomic E-state index is 4.33. The standard InChI is InChI=1S/C13H10N2S/c1-2-6-10(7-3-1)16-13-11-8-4-5-9-12(11)14-15-13/h1-9H,(H,14,15). The van der Waals surface area contributed by atoms with E-state index in [2.05, 4.69) is 28.4 Å². The Morgan fingerprint density at radius 1 is 0.875 bits per heavy atom. The van der Waals surface area contributed by atoms with Crippen molar-refractivity contribution in [3.63, 3.8) is 0 Å². The van der Waals surface area contributed by atoms with E-state index in [1.807, 2.05) is 36.4 Å². The molecule has 3 aromatic rings. The van der Waals surface area contributed by atoms with Gasteiger partial charge in [-0.1, -0.05) is 48.2 Å². The van der Waals surface area contributed by atoms with Gasteiger partial charge in [0, 0.05) is 10.3 Å². The molecule has 3 rings (SSSR count). The number of aromatic amines is 1. The van der Waals surface area contributed by atoms with E-state index in [9.17, 15) is 0 Å². The summed E-state index contributed by atoms with van der Waals surface area (Å²) in [5.74, 6) is 0. The molecule has 0 amide bonds. The van der Waals surface area contributed by atoms with Crippen molar-refractivity contribution in [3.8, 4) is 0 Å². The number of hydrogen-bond acceptors (Lipinski definition) is 2. The molecule has 3 heteroatoms. The summed E-state index contributed by atoms with van der Waals surface area (Å²) in [5.41, 5.74) is 1.08. The molecule has 0 atom stereocenters. The Morgan fingerprint density at radius 2 is 1.62 bits per heavy atom. The van der Waals surface area contributed by atoms with Gasteiger partial charge < -0.3 is 0 Å². The predicted octanol–water partition coefficient (Wildman–Crippen LogP) is 3.71. The Morgan fingerprint density at radius 3 is 2.50 bits per heavy atom. The zero-order valence-electron chi connectivity index (χ0n) is 8.55. The highest BCUT2D eigenvalue weighted by Gasteiger charge is 2.05. The monoisotopic (exact) mass is 226 g/mol. The molecule has 0 aliphatic heterocycles. The molecule has 0 bridgehead atoms. The molecular weight excluding hydrogens is 216 g/mol. The average Bonchev–Trinajstić information content (AvgIpc) is 2.74. The zero-order valence-corrected chi connectivity index (χ0v) is 9.37. The van der Waals surface area contributed by atoms with Gasteiger partial charge in [0.2, 0.25) is 0 Å². The minimum atomic E-state index is 1.03. The van der Waals surface area contributed by atoms with Crippen LogP contribution in [-0.4, -0.2) is 10.2 Å². The Balaban J connectivity index is 2.01. The van der Waals surface area contributed by atoms with Crippen LogP contribution in [0.25, 0.3) is 10.9 Å². The lowest BCUT2D eigenvalue weighted by atomic mass is 10.3. The van der Waals surface area contributed by atoms with Crippen LogP contribution in [0.2, 0.25) is 0 Å². The van der Waals surface area contributed by atoms with Crippen LogP contribution in [0.3, 0.4) is 0 Å². The maximum atomic E-state index is 4.33. The first-order valence-electron chi connectivity index (χ1n) is 5.09. The number of rotatable bonds is 2. The van der Waals surface area contributed by atoms with Crippen molar-refractivity contribution in [3.05, 3.63) is 54.6 Å². The topological polar surface area (TPSA) is 28.7 Å². The van der Waals surface area contributed by atoms with Gasteiger partial charge in [-0.25, -0.2) is 0 Å². The van der Waals surface area contributed by atoms with E-state index in [0.29, 0.717) is 0 Å². The second-order valence-electron chi connectivity index (χ2n) is 3.49. The summed E-state index contributed by atoms with van der Waals surface area (Å²) in [5, 5.41) is 9.57. The van der Waals surface area contributed by atoms with Crippen molar-refractivity contribution >= 4 is 22.7 Å². The van der Waals surface area contributed by atoms with Crippen LogP contribution in [0, 0.1) is 0 Å². The first-order valence-corrected chi connectivity index (χ1v) is 5.91. The van der Waals surface area contributed by atoms with Crippen molar-refractivity contribution in [1.82, 2.24) is 10.2 Å². The second-order valence-corrected chi connectivity index (χ2v) is 4.55. The summed E-state index contributed by atoms with van der Waals surface area (Å²) >= 11 is 1.68. The fourth-order valence-corrected chi connectivity index (χ4v) is 2.51. The third-order valence-electron chi connectivity index (χ3n) is 2.39. The van der Waals surface area contributed by atoms with Crippen molar-refractivity contribution in [2.75, 3.05) is 0 Å². The lowest BCUT2D eigenvalue weighted by Crippen LogP contribution is -1.73. The highest BCUT2D eigenvalue weighted by Crippen LogP contribution is 2.30. The zero-order chi connectivity index (χ0) is 10.8. The minimum Gasteiger partial charge on any atom is -0.277 e. The summed E-state index contributed by atoms with van der Waals surface area (Å²) in [6.07, 6.45) is 0. The number of aromatic nitrogens is 2. The number of nitrogens with one attached hydrogen (secondary N) is 1. The largest absolute Gasteiger partial charge is 0.277 e. The van der Waals surface area contributed by atoms with Crippen LogP contribution >= 0.6 is 11.8 Å². The number of nitrogens with zero attached hydrogens (tertiary/aromatic N) is 1. The van der Waals surface area contributed by atoms with Crippen molar-refractivity contribution < 1.29 is 0 Å². The van der Waals surface area contributed by atoms with Gasteiger partial charge in [-0.2, -0.15) is 5.10 Å². The molecule has 0 spiro atoms. The van der Waals surface area contributed by atoms with E-state index in [-0.39, 0.29) is 0 Å². The number of benzene rings is 2. The molecule has 78 valence electrons. The quantitative estimate of drug-likeness (QED) is 0.721. The average molecular weight is 226 g/mol. The van der Waals surface area contributed by atoms with Crippen molar-refractivity contribution in [2.24, 2.45) is 0 Å². The normalized spacial score (nSPS) is 10.8. The second kappa shape index (κ2) is 4.02. The lowest BCUT2D eigenvalue weighted by molar-refractivity contribution is 1.02. The van der Waals surface area contributed by atoms with E-state index in [4.69, 9.17) is 0 Å². The molecule has 0 aliphatic carbocycles. The molecule has 2 aromatic carbocycles. The number of para-hydroxylation sites is 1. The SMILES string of the molecule is c1ccc(Sc2n[nH]c3ccccc23)cc1. The van der Waals surface area contributed by atoms with E-state index < -0.39 is 0 Å². The molecule has 0 unspecified atom stereocenters. The molecule has 0 fully saturated rings. The van der Waals surface area contributed by atoms with E-state index in [0.717, 1.165) is 10.5 Å². The molecule has 0 saturated carbocycles. The van der Waals surface area contributed by atoms with Crippen LogP contribution in [0.1, 0.15) is 0 Å². The third kappa shape index (κ3) is 1.70. The van der Waals surface area contributed by atoms with Crippen molar-refractivity contribution in [2.45, 2.75) is 9.92 Å². The molecule has 0 saturated heterocycles. The fourth-order valence-electron chi connectivity index (χ4n) is 1.62. The molecule has 0 radical (unpaired) electrons. The Bertz CT molecular complexity index is 601. The minimum absolute atomic E-state index is 1.03. The number of hydrogen-bond donors (Lipinski definition) is 1. The van der Waals surface area contributed by atoms with Crippen LogP contribution < -0.4 is 0 Å². The summed E-state index contributed by atoms with van der Waals surface area (Å²) in [6.45, 7) is 0. The Hall–Kier alpha value is -1.74. The third-order valence-corrected chi connectivity index (χ3v) is 3.41. The predicted molar refractivity (Wildman–Crippen MR) is 66.7 cm³/mol. The first kappa shape index (κ1) is 9.48. The van der Waals surface area contributed by atoms with Gasteiger partial charge in [0.05, 0.1) is 5.52 Å². The molecule has 16 heavy (non-hydrogen) atoms. The molecule has 2 nitrogen and oxygen atoms in total. The van der Waals surface area contributed by atoms with Gasteiger partial charge in [-0.15, -0.1) is 0 Å². The van der Waals surface area contributed by atoms with E-state index in [1.54, 1.807) is 11.8 Å². The highest BCUT2D eigenvalue weighted by atomic mass is 32.2. The van der Waals surface area contributed by atoms with Gasteiger partial charge in [-0.3, -0.25) is 5.10 Å². The Kier molecular flexibility index (Phi) is 2.38. The number of fused-ring (bicyclic) bond motifs is 1. The van der Waals surface area contributed by atoms with Crippen LogP contribution in [0.15, 0.2) is 64.5 Å². The lowest BCUT2D eigenvalue weighted by Gasteiger charge is -1.97. The fraction of sp³-hybridized carbons (Fsp3) is 0. The smallest absolute Gasteiger partial charge is 0.131 e.